The molecule has 2 saturated carbocycles. The van der Waals surface area contributed by atoms with Gasteiger partial charge in [0.1, 0.15) is 17.5 Å². The number of nitrogens with zero attached hydrogens (tertiary/aromatic N) is 3. The van der Waals surface area contributed by atoms with E-state index < -0.39 is 5.60 Å². The van der Waals surface area contributed by atoms with Gasteiger partial charge in [0.15, 0.2) is 11.7 Å². The standard InChI is InChI=1S/C21H30N6O2/c1-13(25-21(4)7-8-21)29-15-6-5-14(9-15)16-10-18(27-26-16)24-19-12-22-17(11-23-19)20(2,3)28/h10-12,14-15,25,28H,1,5-9H2,2-4H3,(H2,23,24,26,27)/t14-,15+/m0/s1. The molecule has 2 atom stereocenters. The fourth-order valence-corrected chi connectivity index (χ4v) is 3.66. The van der Waals surface area contributed by atoms with E-state index in [0.717, 1.165) is 25.0 Å². The summed E-state index contributed by atoms with van der Waals surface area (Å²) in [6, 6.07) is 2.01. The van der Waals surface area contributed by atoms with Crippen molar-refractivity contribution in [2.75, 3.05) is 5.32 Å². The highest BCUT2D eigenvalue weighted by molar-refractivity contribution is 5.50. The topological polar surface area (TPSA) is 108 Å². The summed E-state index contributed by atoms with van der Waals surface area (Å²) in [5.74, 6) is 2.36. The number of aromatic amines is 1. The number of aliphatic hydroxyl groups is 1. The molecule has 0 spiro atoms. The zero-order valence-electron chi connectivity index (χ0n) is 17.3. The van der Waals surface area contributed by atoms with Crippen molar-refractivity contribution in [3.63, 3.8) is 0 Å². The van der Waals surface area contributed by atoms with Gasteiger partial charge in [-0.1, -0.05) is 0 Å². The van der Waals surface area contributed by atoms with E-state index in [0.29, 0.717) is 29.1 Å². The average Bonchev–Trinajstić information content (AvgIpc) is 3.04. The van der Waals surface area contributed by atoms with Crippen LogP contribution in [-0.4, -0.2) is 36.9 Å². The minimum absolute atomic E-state index is 0.183. The quantitative estimate of drug-likeness (QED) is 0.505. The lowest BCUT2D eigenvalue weighted by molar-refractivity contribution is 0.0734. The smallest absolute Gasteiger partial charge is 0.179 e. The normalized spacial score (nSPS) is 22.9. The zero-order valence-corrected chi connectivity index (χ0v) is 17.3. The number of hydrogen-bond acceptors (Lipinski definition) is 7. The maximum absolute atomic E-state index is 9.97. The lowest BCUT2D eigenvalue weighted by Crippen LogP contribution is -2.29. The Labute approximate surface area is 171 Å². The summed E-state index contributed by atoms with van der Waals surface area (Å²) in [4.78, 5) is 8.56. The van der Waals surface area contributed by atoms with E-state index in [-0.39, 0.29) is 11.6 Å². The Hall–Kier alpha value is -2.61. The number of nitrogens with one attached hydrogen (secondary N) is 3. The summed E-state index contributed by atoms with van der Waals surface area (Å²) in [7, 11) is 0. The third kappa shape index (κ3) is 4.87. The van der Waals surface area contributed by atoms with Gasteiger partial charge in [0.2, 0.25) is 0 Å². The van der Waals surface area contributed by atoms with E-state index in [1.54, 1.807) is 26.2 Å². The Morgan fingerprint density at radius 1 is 1.28 bits per heavy atom. The van der Waals surface area contributed by atoms with E-state index in [1.165, 1.54) is 12.8 Å². The minimum Gasteiger partial charge on any atom is -0.476 e. The van der Waals surface area contributed by atoms with Gasteiger partial charge in [-0.15, -0.1) is 0 Å². The van der Waals surface area contributed by atoms with Gasteiger partial charge in [-0.25, -0.2) is 4.98 Å². The number of aromatic nitrogens is 4. The number of anilines is 2. The molecule has 156 valence electrons. The highest BCUT2D eigenvalue weighted by Gasteiger charge is 2.38. The number of rotatable bonds is 8. The van der Waals surface area contributed by atoms with Crippen molar-refractivity contribution in [1.29, 1.82) is 0 Å². The lowest BCUT2D eigenvalue weighted by Gasteiger charge is -2.20. The Morgan fingerprint density at radius 2 is 2.07 bits per heavy atom. The van der Waals surface area contributed by atoms with Crippen LogP contribution < -0.4 is 10.6 Å². The SMILES string of the molecule is C=C(NC1(C)CC1)O[C@@H]1CC[C@H](c2cc(Nc3cnc(C(C)(C)O)cn3)n[nH]2)C1. The molecule has 8 heteroatoms. The maximum Gasteiger partial charge on any atom is 0.179 e. The largest absolute Gasteiger partial charge is 0.476 e. The highest BCUT2D eigenvalue weighted by atomic mass is 16.5. The van der Waals surface area contributed by atoms with Gasteiger partial charge in [0, 0.05) is 23.2 Å². The van der Waals surface area contributed by atoms with Crippen molar-refractivity contribution in [3.05, 3.63) is 42.3 Å². The first kappa shape index (κ1) is 19.7. The molecule has 0 amide bonds. The Morgan fingerprint density at radius 3 is 2.72 bits per heavy atom. The van der Waals surface area contributed by atoms with E-state index in [2.05, 4.69) is 44.3 Å². The molecule has 4 rings (SSSR count). The molecule has 2 fully saturated rings. The molecule has 29 heavy (non-hydrogen) atoms. The molecule has 0 unspecified atom stereocenters. The highest BCUT2D eigenvalue weighted by Crippen LogP contribution is 2.38. The summed E-state index contributed by atoms with van der Waals surface area (Å²) in [6.07, 6.45) is 8.71. The molecule has 4 N–H and O–H groups in total. The van der Waals surface area contributed by atoms with Crippen molar-refractivity contribution in [2.45, 2.75) is 76.0 Å². The molecule has 0 aromatic carbocycles. The van der Waals surface area contributed by atoms with Gasteiger partial charge in [-0.05, 0) is 59.5 Å². The molecule has 2 aromatic heterocycles. The van der Waals surface area contributed by atoms with Crippen molar-refractivity contribution < 1.29 is 9.84 Å². The minimum atomic E-state index is -1.01. The van der Waals surface area contributed by atoms with Crippen LogP contribution in [0.1, 0.15) is 70.2 Å². The second-order valence-corrected chi connectivity index (χ2v) is 9.04. The summed E-state index contributed by atoms with van der Waals surface area (Å²) >= 11 is 0. The van der Waals surface area contributed by atoms with Crippen LogP contribution in [0.4, 0.5) is 11.6 Å². The molecular weight excluding hydrogens is 368 g/mol. The van der Waals surface area contributed by atoms with Crippen LogP contribution >= 0.6 is 0 Å². The van der Waals surface area contributed by atoms with Gasteiger partial charge in [-0.2, -0.15) is 5.10 Å². The molecule has 0 bridgehead atoms. The Kier molecular flexibility index (Phi) is 4.98. The maximum atomic E-state index is 9.97. The van der Waals surface area contributed by atoms with Gasteiger partial charge in [-0.3, -0.25) is 10.1 Å². The summed E-state index contributed by atoms with van der Waals surface area (Å²) in [5.41, 5.74) is 0.790. The van der Waals surface area contributed by atoms with E-state index >= 15 is 0 Å². The van der Waals surface area contributed by atoms with Crippen molar-refractivity contribution in [1.82, 2.24) is 25.5 Å². The van der Waals surface area contributed by atoms with Crippen molar-refractivity contribution in [3.8, 4) is 0 Å². The molecule has 0 saturated heterocycles. The number of H-pyrrole nitrogens is 1. The van der Waals surface area contributed by atoms with Crippen molar-refractivity contribution >= 4 is 11.6 Å². The predicted octanol–water partition coefficient (Wildman–Crippen LogP) is 3.44. The Balaban J connectivity index is 1.30. The summed E-state index contributed by atoms with van der Waals surface area (Å²) in [5, 5.41) is 24.0. The van der Waals surface area contributed by atoms with E-state index in [9.17, 15) is 5.11 Å². The number of hydrogen-bond donors (Lipinski definition) is 4. The first-order valence-corrected chi connectivity index (χ1v) is 10.2. The van der Waals surface area contributed by atoms with Gasteiger partial charge in [0.25, 0.3) is 0 Å². The van der Waals surface area contributed by atoms with Crippen LogP contribution in [0.3, 0.4) is 0 Å². The monoisotopic (exact) mass is 398 g/mol. The fourth-order valence-electron chi connectivity index (χ4n) is 3.66. The number of ether oxygens (including phenoxy) is 1. The third-order valence-electron chi connectivity index (χ3n) is 5.71. The predicted molar refractivity (Wildman–Crippen MR) is 111 cm³/mol. The van der Waals surface area contributed by atoms with E-state index in [4.69, 9.17) is 4.74 Å². The van der Waals surface area contributed by atoms with Crippen LogP contribution in [0.25, 0.3) is 0 Å². The first-order valence-electron chi connectivity index (χ1n) is 10.2. The van der Waals surface area contributed by atoms with Gasteiger partial charge < -0.3 is 20.5 Å². The van der Waals surface area contributed by atoms with Crippen LogP contribution in [0.2, 0.25) is 0 Å². The summed E-state index contributed by atoms with van der Waals surface area (Å²) < 4.78 is 6.03. The molecule has 2 aromatic rings. The van der Waals surface area contributed by atoms with Crippen LogP contribution in [0.5, 0.6) is 0 Å². The first-order chi connectivity index (χ1) is 13.7. The van der Waals surface area contributed by atoms with Gasteiger partial charge >= 0.3 is 0 Å². The average molecular weight is 399 g/mol. The molecule has 2 aliphatic rings. The third-order valence-corrected chi connectivity index (χ3v) is 5.71. The fraction of sp³-hybridized carbons (Fsp3) is 0.571. The molecule has 0 radical (unpaired) electrons. The van der Waals surface area contributed by atoms with Crippen LogP contribution in [0.15, 0.2) is 30.9 Å². The van der Waals surface area contributed by atoms with E-state index in [1.807, 2.05) is 6.07 Å². The molecule has 2 aliphatic carbocycles. The lowest BCUT2D eigenvalue weighted by atomic mass is 10.0. The zero-order chi connectivity index (χ0) is 20.6. The van der Waals surface area contributed by atoms with Crippen LogP contribution in [0, 0.1) is 0 Å². The molecule has 8 nitrogen and oxygen atoms in total. The summed E-state index contributed by atoms with van der Waals surface area (Å²) in [6.45, 7) is 9.58. The van der Waals surface area contributed by atoms with Crippen molar-refractivity contribution in [2.24, 2.45) is 0 Å². The molecule has 0 aliphatic heterocycles. The Bertz CT molecular complexity index is 866. The molecular formula is C21H30N6O2. The molecule has 2 heterocycles. The van der Waals surface area contributed by atoms with Crippen LogP contribution in [-0.2, 0) is 10.3 Å². The second-order valence-electron chi connectivity index (χ2n) is 9.04. The second kappa shape index (κ2) is 7.33. The van der Waals surface area contributed by atoms with Gasteiger partial charge in [0.05, 0.1) is 18.1 Å².